The largest absolute Gasteiger partial charge is 0.480 e. The SMILES string of the molecule is CCn1cc(OCC(=O)NCCCOC)cn1. The van der Waals surface area contributed by atoms with Crippen LogP contribution in [0.2, 0.25) is 0 Å². The molecule has 17 heavy (non-hydrogen) atoms. The Bertz CT molecular complexity index is 338. The maximum absolute atomic E-state index is 11.4. The van der Waals surface area contributed by atoms with Crippen molar-refractivity contribution in [3.8, 4) is 5.75 Å². The highest BCUT2D eigenvalue weighted by Gasteiger charge is 2.03. The molecular weight excluding hydrogens is 222 g/mol. The van der Waals surface area contributed by atoms with E-state index in [1.165, 1.54) is 0 Å². The number of ether oxygens (including phenoxy) is 2. The topological polar surface area (TPSA) is 65.4 Å². The third-order valence-corrected chi connectivity index (χ3v) is 2.15. The molecule has 0 aromatic carbocycles. The van der Waals surface area contributed by atoms with Gasteiger partial charge in [-0.05, 0) is 13.3 Å². The maximum Gasteiger partial charge on any atom is 0.257 e. The van der Waals surface area contributed by atoms with Crippen LogP contribution >= 0.6 is 0 Å². The number of nitrogens with one attached hydrogen (secondary N) is 1. The number of hydrogen-bond acceptors (Lipinski definition) is 4. The van der Waals surface area contributed by atoms with Gasteiger partial charge in [0.2, 0.25) is 0 Å². The molecule has 0 atom stereocenters. The molecule has 0 aliphatic carbocycles. The monoisotopic (exact) mass is 241 g/mol. The number of methoxy groups -OCH3 is 1. The molecule has 1 N–H and O–H groups in total. The van der Waals surface area contributed by atoms with Gasteiger partial charge in [-0.1, -0.05) is 0 Å². The maximum atomic E-state index is 11.4. The zero-order valence-electron chi connectivity index (χ0n) is 10.3. The lowest BCUT2D eigenvalue weighted by Crippen LogP contribution is -2.30. The lowest BCUT2D eigenvalue weighted by molar-refractivity contribution is -0.123. The lowest BCUT2D eigenvalue weighted by atomic mass is 10.4. The van der Waals surface area contributed by atoms with Crippen molar-refractivity contribution >= 4 is 5.91 Å². The first-order valence-electron chi connectivity index (χ1n) is 5.67. The smallest absolute Gasteiger partial charge is 0.257 e. The Kier molecular flexibility index (Phi) is 6.09. The first-order chi connectivity index (χ1) is 8.26. The molecule has 0 saturated heterocycles. The van der Waals surface area contributed by atoms with E-state index in [-0.39, 0.29) is 12.5 Å². The molecule has 0 radical (unpaired) electrons. The minimum Gasteiger partial charge on any atom is -0.480 e. The van der Waals surface area contributed by atoms with E-state index in [4.69, 9.17) is 9.47 Å². The van der Waals surface area contributed by atoms with Crippen molar-refractivity contribution in [2.45, 2.75) is 19.9 Å². The van der Waals surface area contributed by atoms with Crippen LogP contribution in [-0.2, 0) is 16.1 Å². The third-order valence-electron chi connectivity index (χ3n) is 2.15. The fourth-order valence-electron chi connectivity index (χ4n) is 1.24. The highest BCUT2D eigenvalue weighted by Crippen LogP contribution is 2.07. The molecule has 1 heterocycles. The van der Waals surface area contributed by atoms with E-state index >= 15 is 0 Å². The van der Waals surface area contributed by atoms with Crippen LogP contribution in [0.4, 0.5) is 0 Å². The van der Waals surface area contributed by atoms with Gasteiger partial charge >= 0.3 is 0 Å². The van der Waals surface area contributed by atoms with Crippen LogP contribution < -0.4 is 10.1 Å². The van der Waals surface area contributed by atoms with Crippen LogP contribution in [0, 0.1) is 0 Å². The summed E-state index contributed by atoms with van der Waals surface area (Å²) in [7, 11) is 1.64. The molecule has 1 aromatic heterocycles. The summed E-state index contributed by atoms with van der Waals surface area (Å²) < 4.78 is 11.9. The molecule has 6 heteroatoms. The molecule has 96 valence electrons. The average Bonchev–Trinajstić information content (AvgIpc) is 2.80. The van der Waals surface area contributed by atoms with Gasteiger partial charge in [-0.3, -0.25) is 9.48 Å². The zero-order valence-corrected chi connectivity index (χ0v) is 10.3. The summed E-state index contributed by atoms with van der Waals surface area (Å²) in [5.74, 6) is 0.476. The van der Waals surface area contributed by atoms with E-state index in [1.807, 2.05) is 6.92 Å². The van der Waals surface area contributed by atoms with Crippen molar-refractivity contribution in [1.29, 1.82) is 0 Å². The van der Waals surface area contributed by atoms with Gasteiger partial charge in [0, 0.05) is 26.8 Å². The van der Waals surface area contributed by atoms with Crippen molar-refractivity contribution in [1.82, 2.24) is 15.1 Å². The number of carbonyl (C=O) groups is 1. The van der Waals surface area contributed by atoms with Crippen molar-refractivity contribution in [3.63, 3.8) is 0 Å². The molecule has 6 nitrogen and oxygen atoms in total. The minimum absolute atomic E-state index is 0.0163. The highest BCUT2D eigenvalue weighted by molar-refractivity contribution is 5.77. The predicted molar refractivity (Wildman–Crippen MR) is 62.9 cm³/mol. The van der Waals surface area contributed by atoms with E-state index in [1.54, 1.807) is 24.2 Å². The second-order valence-corrected chi connectivity index (χ2v) is 3.52. The predicted octanol–water partition coefficient (Wildman–Crippen LogP) is 0.434. The quantitative estimate of drug-likeness (QED) is 0.670. The van der Waals surface area contributed by atoms with E-state index in [2.05, 4.69) is 10.4 Å². The molecule has 1 aromatic rings. The summed E-state index contributed by atoms with van der Waals surface area (Å²) in [4.78, 5) is 11.4. The van der Waals surface area contributed by atoms with Crippen molar-refractivity contribution in [2.75, 3.05) is 26.9 Å². The van der Waals surface area contributed by atoms with Gasteiger partial charge in [-0.25, -0.2) is 0 Å². The van der Waals surface area contributed by atoms with Gasteiger partial charge in [-0.15, -0.1) is 0 Å². The van der Waals surface area contributed by atoms with Gasteiger partial charge in [0.1, 0.15) is 0 Å². The fraction of sp³-hybridized carbons (Fsp3) is 0.636. The zero-order chi connectivity index (χ0) is 12.5. The number of hydrogen-bond donors (Lipinski definition) is 1. The number of aryl methyl sites for hydroxylation is 1. The van der Waals surface area contributed by atoms with Crippen molar-refractivity contribution in [3.05, 3.63) is 12.4 Å². The van der Waals surface area contributed by atoms with E-state index < -0.39 is 0 Å². The Morgan fingerprint density at radius 2 is 2.41 bits per heavy atom. The first kappa shape index (κ1) is 13.5. The molecule has 0 aliphatic heterocycles. The van der Waals surface area contributed by atoms with E-state index in [0.717, 1.165) is 13.0 Å². The first-order valence-corrected chi connectivity index (χ1v) is 5.67. The molecule has 0 unspecified atom stereocenters. The Hall–Kier alpha value is -1.56. The Balaban J connectivity index is 2.14. The summed E-state index contributed by atoms with van der Waals surface area (Å²) in [6, 6.07) is 0. The van der Waals surface area contributed by atoms with E-state index in [9.17, 15) is 4.79 Å². The Labute approximate surface area is 101 Å². The highest BCUT2D eigenvalue weighted by atomic mass is 16.5. The normalized spacial score (nSPS) is 10.2. The molecule has 0 aliphatic rings. The van der Waals surface area contributed by atoms with Crippen LogP contribution in [0.1, 0.15) is 13.3 Å². The Morgan fingerprint density at radius 3 is 3.06 bits per heavy atom. The number of nitrogens with zero attached hydrogens (tertiary/aromatic N) is 2. The van der Waals surface area contributed by atoms with Crippen LogP contribution in [0.25, 0.3) is 0 Å². The van der Waals surface area contributed by atoms with Crippen LogP contribution in [0.3, 0.4) is 0 Å². The number of amides is 1. The van der Waals surface area contributed by atoms with E-state index in [0.29, 0.717) is 18.9 Å². The summed E-state index contributed by atoms with van der Waals surface area (Å²) in [5, 5.41) is 6.78. The number of aromatic nitrogens is 2. The summed E-state index contributed by atoms with van der Waals surface area (Å²) >= 11 is 0. The number of carbonyl (C=O) groups excluding carboxylic acids is 1. The molecular formula is C11H19N3O3. The summed E-state index contributed by atoms with van der Waals surface area (Å²) in [6.07, 6.45) is 4.16. The molecule has 0 saturated carbocycles. The molecule has 1 rings (SSSR count). The number of rotatable bonds is 8. The van der Waals surface area contributed by atoms with Crippen molar-refractivity contribution < 1.29 is 14.3 Å². The fourth-order valence-corrected chi connectivity index (χ4v) is 1.24. The summed E-state index contributed by atoms with van der Waals surface area (Å²) in [5.41, 5.74) is 0. The second-order valence-electron chi connectivity index (χ2n) is 3.52. The van der Waals surface area contributed by atoms with Gasteiger partial charge in [0.25, 0.3) is 5.91 Å². The van der Waals surface area contributed by atoms with Gasteiger partial charge < -0.3 is 14.8 Å². The summed E-state index contributed by atoms with van der Waals surface area (Å²) in [6.45, 7) is 4.03. The van der Waals surface area contributed by atoms with Crippen molar-refractivity contribution in [2.24, 2.45) is 0 Å². The van der Waals surface area contributed by atoms with Crippen LogP contribution in [-0.4, -0.2) is 42.6 Å². The second kappa shape index (κ2) is 7.67. The van der Waals surface area contributed by atoms with Gasteiger partial charge in [0.05, 0.1) is 12.4 Å². The average molecular weight is 241 g/mol. The molecule has 0 bridgehead atoms. The molecule has 1 amide bonds. The Morgan fingerprint density at radius 1 is 1.59 bits per heavy atom. The third kappa shape index (κ3) is 5.35. The lowest BCUT2D eigenvalue weighted by Gasteiger charge is -2.05. The molecule has 0 spiro atoms. The van der Waals surface area contributed by atoms with Crippen LogP contribution in [0.15, 0.2) is 12.4 Å². The standard InChI is InChI=1S/C11H19N3O3/c1-3-14-8-10(7-13-14)17-9-11(15)12-5-4-6-16-2/h7-8H,3-6,9H2,1-2H3,(H,12,15). The van der Waals surface area contributed by atoms with Gasteiger partial charge in [-0.2, -0.15) is 5.10 Å². The molecule has 0 fully saturated rings. The van der Waals surface area contributed by atoms with Gasteiger partial charge in [0.15, 0.2) is 12.4 Å². The minimum atomic E-state index is -0.134. The van der Waals surface area contributed by atoms with Crippen LogP contribution in [0.5, 0.6) is 5.75 Å².